The molecule has 14 heavy (non-hydrogen) atoms. The Hall–Kier alpha value is -0.610. The molecule has 1 amide bonds. The molecule has 0 aromatic heterocycles. The van der Waals surface area contributed by atoms with Crippen LogP contribution in [0.15, 0.2) is 0 Å². The minimum absolute atomic E-state index is 0.0703. The molecular weight excluding hydrogens is 180 g/mol. The lowest BCUT2D eigenvalue weighted by atomic mass is 9.99. The van der Waals surface area contributed by atoms with Crippen molar-refractivity contribution < 1.29 is 9.63 Å². The summed E-state index contributed by atoms with van der Waals surface area (Å²) in [7, 11) is 0. The number of amides is 1. The van der Waals surface area contributed by atoms with Crippen molar-refractivity contribution in [2.24, 2.45) is 11.7 Å². The van der Waals surface area contributed by atoms with Crippen LogP contribution in [0, 0.1) is 5.92 Å². The first-order valence-electron chi connectivity index (χ1n) is 5.36. The van der Waals surface area contributed by atoms with E-state index in [1.54, 1.807) is 0 Å². The van der Waals surface area contributed by atoms with Gasteiger partial charge < -0.3 is 5.73 Å². The first-order valence-corrected chi connectivity index (χ1v) is 5.36. The predicted octanol–water partition coefficient (Wildman–Crippen LogP) is 0.914. The highest BCUT2D eigenvalue weighted by molar-refractivity contribution is 5.81. The first-order chi connectivity index (χ1) is 6.66. The number of nitrogens with zero attached hydrogens (tertiary/aromatic N) is 1. The zero-order valence-corrected chi connectivity index (χ0v) is 9.03. The van der Waals surface area contributed by atoms with Gasteiger partial charge >= 0.3 is 0 Å². The van der Waals surface area contributed by atoms with E-state index in [4.69, 9.17) is 10.6 Å². The molecule has 1 saturated heterocycles. The SMILES string of the molecule is CC[C@H](C)[C@H](N)C(=O)N1CCCCO1. The lowest BCUT2D eigenvalue weighted by molar-refractivity contribution is -0.199. The summed E-state index contributed by atoms with van der Waals surface area (Å²) < 4.78 is 0. The molecule has 0 bridgehead atoms. The summed E-state index contributed by atoms with van der Waals surface area (Å²) in [6.45, 7) is 5.35. The Labute approximate surface area is 85.3 Å². The standard InChI is InChI=1S/C10H20N2O2/c1-3-8(2)9(11)10(13)12-6-4-5-7-14-12/h8-9H,3-7,11H2,1-2H3/t8-,9-/m0/s1. The Bertz CT molecular complexity index is 187. The van der Waals surface area contributed by atoms with E-state index in [-0.39, 0.29) is 11.8 Å². The average molecular weight is 200 g/mol. The third-order valence-corrected chi connectivity index (χ3v) is 2.79. The summed E-state index contributed by atoms with van der Waals surface area (Å²) in [5.41, 5.74) is 5.83. The number of carbonyl (C=O) groups is 1. The van der Waals surface area contributed by atoms with Gasteiger partial charge in [-0.05, 0) is 18.8 Å². The van der Waals surface area contributed by atoms with Gasteiger partial charge in [0, 0.05) is 6.54 Å². The Morgan fingerprint density at radius 3 is 2.79 bits per heavy atom. The van der Waals surface area contributed by atoms with Crippen molar-refractivity contribution >= 4 is 5.91 Å². The van der Waals surface area contributed by atoms with Crippen LogP contribution >= 0.6 is 0 Å². The van der Waals surface area contributed by atoms with Crippen molar-refractivity contribution in [3.63, 3.8) is 0 Å². The summed E-state index contributed by atoms with van der Waals surface area (Å²) in [5.74, 6) is 0.145. The number of hydroxylamine groups is 2. The quantitative estimate of drug-likeness (QED) is 0.737. The summed E-state index contributed by atoms with van der Waals surface area (Å²) in [6.07, 6.45) is 2.96. The van der Waals surface area contributed by atoms with Gasteiger partial charge in [0.15, 0.2) is 0 Å². The number of hydrogen-bond acceptors (Lipinski definition) is 3. The van der Waals surface area contributed by atoms with Crippen molar-refractivity contribution in [2.45, 2.75) is 39.2 Å². The van der Waals surface area contributed by atoms with E-state index in [0.29, 0.717) is 13.2 Å². The second-order valence-corrected chi connectivity index (χ2v) is 3.89. The molecule has 1 aliphatic heterocycles. The lowest BCUT2D eigenvalue weighted by Gasteiger charge is -2.29. The van der Waals surface area contributed by atoms with Gasteiger partial charge in [-0.3, -0.25) is 9.63 Å². The van der Waals surface area contributed by atoms with Gasteiger partial charge in [0.05, 0.1) is 12.6 Å². The zero-order chi connectivity index (χ0) is 10.6. The van der Waals surface area contributed by atoms with Crippen LogP contribution in [0.1, 0.15) is 33.1 Å². The van der Waals surface area contributed by atoms with E-state index < -0.39 is 6.04 Å². The topological polar surface area (TPSA) is 55.6 Å². The fourth-order valence-electron chi connectivity index (χ4n) is 1.43. The van der Waals surface area contributed by atoms with Crippen LogP contribution in [-0.2, 0) is 9.63 Å². The number of rotatable bonds is 3. The molecule has 0 spiro atoms. The highest BCUT2D eigenvalue weighted by Gasteiger charge is 2.26. The third-order valence-electron chi connectivity index (χ3n) is 2.79. The molecule has 82 valence electrons. The zero-order valence-electron chi connectivity index (χ0n) is 9.03. The number of nitrogens with two attached hydrogens (primary N) is 1. The van der Waals surface area contributed by atoms with E-state index in [1.807, 2.05) is 13.8 Å². The second-order valence-electron chi connectivity index (χ2n) is 3.89. The van der Waals surface area contributed by atoms with E-state index in [0.717, 1.165) is 19.3 Å². The van der Waals surface area contributed by atoms with Gasteiger partial charge in [-0.25, -0.2) is 5.06 Å². The van der Waals surface area contributed by atoms with Gasteiger partial charge in [-0.1, -0.05) is 20.3 Å². The third kappa shape index (κ3) is 2.69. The number of hydrogen-bond donors (Lipinski definition) is 1. The molecule has 1 aliphatic rings. The molecule has 1 fully saturated rings. The molecule has 4 heteroatoms. The number of carbonyl (C=O) groups excluding carboxylic acids is 1. The van der Waals surface area contributed by atoms with E-state index in [1.165, 1.54) is 5.06 Å². The first kappa shape index (κ1) is 11.5. The van der Waals surface area contributed by atoms with Crippen LogP contribution in [-0.4, -0.2) is 30.2 Å². The highest BCUT2D eigenvalue weighted by atomic mass is 16.7. The molecule has 2 atom stereocenters. The average Bonchev–Trinajstić information content (AvgIpc) is 2.27. The Balaban J connectivity index is 2.46. The lowest BCUT2D eigenvalue weighted by Crippen LogP contribution is -2.48. The van der Waals surface area contributed by atoms with Gasteiger partial charge in [0.25, 0.3) is 5.91 Å². The Kier molecular flexibility index (Phi) is 4.35. The molecule has 1 rings (SSSR count). The molecule has 2 N–H and O–H groups in total. The highest BCUT2D eigenvalue weighted by Crippen LogP contribution is 2.12. The van der Waals surface area contributed by atoms with Crippen LogP contribution in [0.25, 0.3) is 0 Å². The molecule has 0 aromatic carbocycles. The maximum Gasteiger partial charge on any atom is 0.263 e. The van der Waals surface area contributed by atoms with E-state index >= 15 is 0 Å². The molecule has 0 aromatic rings. The van der Waals surface area contributed by atoms with Crippen molar-refractivity contribution in [1.29, 1.82) is 0 Å². The molecule has 0 aliphatic carbocycles. The maximum absolute atomic E-state index is 11.8. The van der Waals surface area contributed by atoms with Crippen molar-refractivity contribution in [1.82, 2.24) is 5.06 Å². The Morgan fingerprint density at radius 1 is 1.57 bits per heavy atom. The van der Waals surface area contributed by atoms with Crippen LogP contribution in [0.3, 0.4) is 0 Å². The van der Waals surface area contributed by atoms with E-state index in [9.17, 15) is 4.79 Å². The normalized spacial score (nSPS) is 21.8. The second kappa shape index (κ2) is 5.32. The van der Waals surface area contributed by atoms with Gasteiger partial charge in [0.1, 0.15) is 0 Å². The minimum atomic E-state index is -0.418. The molecule has 0 unspecified atom stereocenters. The van der Waals surface area contributed by atoms with Gasteiger partial charge in [-0.15, -0.1) is 0 Å². The summed E-state index contributed by atoms with van der Waals surface area (Å²) in [6, 6.07) is -0.418. The molecule has 0 saturated carbocycles. The van der Waals surface area contributed by atoms with Gasteiger partial charge in [-0.2, -0.15) is 0 Å². The predicted molar refractivity (Wildman–Crippen MR) is 54.3 cm³/mol. The van der Waals surface area contributed by atoms with Crippen LogP contribution in [0.4, 0.5) is 0 Å². The van der Waals surface area contributed by atoms with Crippen molar-refractivity contribution in [3.8, 4) is 0 Å². The van der Waals surface area contributed by atoms with Crippen LogP contribution in [0.5, 0.6) is 0 Å². The van der Waals surface area contributed by atoms with Crippen molar-refractivity contribution in [3.05, 3.63) is 0 Å². The maximum atomic E-state index is 11.8. The largest absolute Gasteiger partial charge is 0.320 e. The van der Waals surface area contributed by atoms with Crippen LogP contribution < -0.4 is 5.73 Å². The molecule has 1 heterocycles. The van der Waals surface area contributed by atoms with E-state index in [2.05, 4.69) is 0 Å². The summed E-state index contributed by atoms with van der Waals surface area (Å²) in [5, 5.41) is 1.43. The minimum Gasteiger partial charge on any atom is -0.320 e. The summed E-state index contributed by atoms with van der Waals surface area (Å²) in [4.78, 5) is 17.0. The summed E-state index contributed by atoms with van der Waals surface area (Å²) >= 11 is 0. The molecule has 0 radical (unpaired) electrons. The Morgan fingerprint density at radius 2 is 2.29 bits per heavy atom. The molecule has 4 nitrogen and oxygen atoms in total. The van der Waals surface area contributed by atoms with Gasteiger partial charge in [0.2, 0.25) is 0 Å². The monoisotopic (exact) mass is 200 g/mol. The fraction of sp³-hybridized carbons (Fsp3) is 0.900. The fourth-order valence-corrected chi connectivity index (χ4v) is 1.43. The van der Waals surface area contributed by atoms with Crippen molar-refractivity contribution in [2.75, 3.05) is 13.2 Å². The smallest absolute Gasteiger partial charge is 0.263 e. The van der Waals surface area contributed by atoms with Crippen LogP contribution in [0.2, 0.25) is 0 Å². The molecular formula is C10H20N2O2.